The molecule has 0 spiro atoms. The van der Waals surface area contributed by atoms with Gasteiger partial charge in [0.2, 0.25) is 0 Å². The standard InChI is InChI=1S/C16H30O5/c1-12(2)8-20-14(17)10-19-11-15(18)21-9-13(3)7-16(4,5)6/h12-13H,7-11H2,1-6H3. The average molecular weight is 302 g/mol. The van der Waals surface area contributed by atoms with Crippen molar-refractivity contribution in [2.75, 3.05) is 26.4 Å². The molecule has 0 aliphatic carbocycles. The summed E-state index contributed by atoms with van der Waals surface area (Å²) in [6.45, 7) is 12.7. The molecule has 1 atom stereocenters. The number of carbonyl (C=O) groups excluding carboxylic acids is 2. The molecule has 1 unspecified atom stereocenters. The van der Waals surface area contributed by atoms with Crippen molar-refractivity contribution < 1.29 is 23.8 Å². The molecule has 5 heteroatoms. The number of esters is 2. The van der Waals surface area contributed by atoms with E-state index < -0.39 is 11.9 Å². The van der Waals surface area contributed by atoms with Gasteiger partial charge in [0.25, 0.3) is 0 Å². The van der Waals surface area contributed by atoms with Gasteiger partial charge in [0.15, 0.2) is 0 Å². The van der Waals surface area contributed by atoms with Crippen molar-refractivity contribution in [3.8, 4) is 0 Å². The maximum atomic E-state index is 11.5. The summed E-state index contributed by atoms with van der Waals surface area (Å²) in [5, 5.41) is 0. The molecule has 124 valence electrons. The van der Waals surface area contributed by atoms with Gasteiger partial charge in [0.05, 0.1) is 13.2 Å². The highest BCUT2D eigenvalue weighted by Gasteiger charge is 2.17. The maximum Gasteiger partial charge on any atom is 0.332 e. The van der Waals surface area contributed by atoms with Crippen LogP contribution in [0.4, 0.5) is 0 Å². The van der Waals surface area contributed by atoms with Crippen molar-refractivity contribution in [3.63, 3.8) is 0 Å². The Labute approximate surface area is 128 Å². The van der Waals surface area contributed by atoms with Crippen molar-refractivity contribution in [2.24, 2.45) is 17.3 Å². The van der Waals surface area contributed by atoms with Gasteiger partial charge in [-0.3, -0.25) is 0 Å². The topological polar surface area (TPSA) is 61.8 Å². The largest absolute Gasteiger partial charge is 0.464 e. The molecular weight excluding hydrogens is 272 g/mol. The summed E-state index contributed by atoms with van der Waals surface area (Å²) in [7, 11) is 0. The molecule has 0 amide bonds. The first-order valence-electron chi connectivity index (χ1n) is 7.49. The number of ether oxygens (including phenoxy) is 3. The van der Waals surface area contributed by atoms with E-state index in [1.165, 1.54) is 0 Å². The minimum atomic E-state index is -0.461. The molecule has 0 bridgehead atoms. The zero-order valence-electron chi connectivity index (χ0n) is 14.2. The van der Waals surface area contributed by atoms with Crippen LogP contribution in [0, 0.1) is 17.3 Å². The predicted octanol–water partition coefficient (Wildman–Crippen LogP) is 2.82. The fraction of sp³-hybridized carbons (Fsp3) is 0.875. The molecule has 0 aromatic rings. The summed E-state index contributed by atoms with van der Waals surface area (Å²) in [5.74, 6) is -0.335. The van der Waals surface area contributed by atoms with Crippen LogP contribution in [-0.4, -0.2) is 38.4 Å². The Hall–Kier alpha value is -1.10. The van der Waals surface area contributed by atoms with E-state index >= 15 is 0 Å². The molecule has 0 heterocycles. The van der Waals surface area contributed by atoms with Gasteiger partial charge in [-0.2, -0.15) is 0 Å². The summed E-state index contributed by atoms with van der Waals surface area (Å²) in [5.41, 5.74) is 0.211. The van der Waals surface area contributed by atoms with Gasteiger partial charge in [-0.05, 0) is 23.7 Å². The Morgan fingerprint density at radius 3 is 1.81 bits per heavy atom. The van der Waals surface area contributed by atoms with E-state index in [9.17, 15) is 9.59 Å². The second-order valence-electron chi connectivity index (χ2n) is 7.12. The Morgan fingerprint density at radius 2 is 1.38 bits per heavy atom. The molecule has 0 saturated carbocycles. The maximum absolute atomic E-state index is 11.5. The summed E-state index contributed by atoms with van der Waals surface area (Å²) < 4.78 is 15.0. The van der Waals surface area contributed by atoms with Gasteiger partial charge in [0.1, 0.15) is 13.2 Å². The van der Waals surface area contributed by atoms with E-state index in [0.717, 1.165) is 6.42 Å². The first kappa shape index (κ1) is 19.9. The van der Waals surface area contributed by atoms with Gasteiger partial charge in [-0.15, -0.1) is 0 Å². The highest BCUT2D eigenvalue weighted by atomic mass is 16.6. The Kier molecular flexibility index (Phi) is 9.26. The lowest BCUT2D eigenvalue weighted by atomic mass is 9.86. The number of carbonyl (C=O) groups is 2. The van der Waals surface area contributed by atoms with Gasteiger partial charge in [-0.25, -0.2) is 9.59 Å². The smallest absolute Gasteiger partial charge is 0.332 e. The van der Waals surface area contributed by atoms with Gasteiger partial charge >= 0.3 is 11.9 Å². The molecule has 0 N–H and O–H groups in total. The monoisotopic (exact) mass is 302 g/mol. The highest BCUT2D eigenvalue weighted by molar-refractivity contribution is 5.73. The molecule has 0 saturated heterocycles. The number of hydrogen-bond donors (Lipinski definition) is 0. The zero-order valence-corrected chi connectivity index (χ0v) is 14.2. The van der Waals surface area contributed by atoms with E-state index in [0.29, 0.717) is 19.1 Å². The third-order valence-corrected chi connectivity index (χ3v) is 2.51. The molecule has 0 aliphatic rings. The minimum absolute atomic E-state index is 0.211. The van der Waals surface area contributed by atoms with Crippen molar-refractivity contribution in [3.05, 3.63) is 0 Å². The predicted molar refractivity (Wildman–Crippen MR) is 80.8 cm³/mol. The lowest BCUT2D eigenvalue weighted by molar-refractivity contribution is -0.156. The van der Waals surface area contributed by atoms with Gasteiger partial charge < -0.3 is 14.2 Å². The summed E-state index contributed by atoms with van der Waals surface area (Å²) in [6.07, 6.45) is 0.975. The fourth-order valence-electron chi connectivity index (χ4n) is 1.90. The number of hydrogen-bond acceptors (Lipinski definition) is 5. The second-order valence-corrected chi connectivity index (χ2v) is 7.12. The van der Waals surface area contributed by atoms with Crippen LogP contribution in [0.2, 0.25) is 0 Å². The molecular formula is C16H30O5. The molecule has 21 heavy (non-hydrogen) atoms. The van der Waals surface area contributed by atoms with E-state index in [2.05, 4.69) is 20.8 Å². The fourth-order valence-corrected chi connectivity index (χ4v) is 1.90. The summed E-state index contributed by atoms with van der Waals surface area (Å²) in [4.78, 5) is 22.7. The molecule has 0 aromatic heterocycles. The highest BCUT2D eigenvalue weighted by Crippen LogP contribution is 2.24. The van der Waals surface area contributed by atoms with Crippen LogP contribution in [0.15, 0.2) is 0 Å². The molecule has 0 rings (SSSR count). The lowest BCUT2D eigenvalue weighted by Gasteiger charge is -2.22. The molecule has 0 radical (unpaired) electrons. The van der Waals surface area contributed by atoms with Crippen LogP contribution >= 0.6 is 0 Å². The normalized spacial score (nSPS) is 13.1. The SMILES string of the molecule is CC(C)COC(=O)COCC(=O)OCC(C)CC(C)(C)C. The van der Waals surface area contributed by atoms with E-state index in [1.807, 2.05) is 20.8 Å². The minimum Gasteiger partial charge on any atom is -0.464 e. The molecule has 0 aliphatic heterocycles. The zero-order chi connectivity index (χ0) is 16.5. The van der Waals surface area contributed by atoms with Crippen LogP contribution in [0.1, 0.15) is 48.0 Å². The van der Waals surface area contributed by atoms with Crippen LogP contribution in [0.25, 0.3) is 0 Å². The van der Waals surface area contributed by atoms with Gasteiger partial charge in [-0.1, -0.05) is 41.5 Å². The molecule has 5 nitrogen and oxygen atoms in total. The summed E-state index contributed by atoms with van der Waals surface area (Å²) >= 11 is 0. The van der Waals surface area contributed by atoms with Crippen molar-refractivity contribution >= 4 is 11.9 Å². The number of rotatable bonds is 9. The average Bonchev–Trinajstić information content (AvgIpc) is 2.32. The molecule has 0 fully saturated rings. The van der Waals surface area contributed by atoms with Crippen LogP contribution in [0.5, 0.6) is 0 Å². The second kappa shape index (κ2) is 9.77. The van der Waals surface area contributed by atoms with Crippen LogP contribution in [-0.2, 0) is 23.8 Å². The third-order valence-electron chi connectivity index (χ3n) is 2.51. The first-order chi connectivity index (χ1) is 9.60. The summed E-state index contributed by atoms with van der Waals surface area (Å²) in [6, 6.07) is 0. The first-order valence-corrected chi connectivity index (χ1v) is 7.49. The quantitative estimate of drug-likeness (QED) is 0.613. The van der Waals surface area contributed by atoms with E-state index in [4.69, 9.17) is 14.2 Å². The third kappa shape index (κ3) is 13.6. The van der Waals surface area contributed by atoms with Crippen molar-refractivity contribution in [1.29, 1.82) is 0 Å². The van der Waals surface area contributed by atoms with Crippen molar-refractivity contribution in [1.82, 2.24) is 0 Å². The van der Waals surface area contributed by atoms with Crippen LogP contribution in [0.3, 0.4) is 0 Å². The van der Waals surface area contributed by atoms with E-state index in [-0.39, 0.29) is 24.5 Å². The van der Waals surface area contributed by atoms with Crippen LogP contribution < -0.4 is 0 Å². The Balaban J connectivity index is 3.69. The Bertz CT molecular complexity index is 317. The lowest BCUT2D eigenvalue weighted by Crippen LogP contribution is -2.22. The van der Waals surface area contributed by atoms with Crippen molar-refractivity contribution in [2.45, 2.75) is 48.0 Å². The Morgan fingerprint density at radius 1 is 0.905 bits per heavy atom. The molecule has 0 aromatic carbocycles. The van der Waals surface area contributed by atoms with E-state index in [1.54, 1.807) is 0 Å². The van der Waals surface area contributed by atoms with Gasteiger partial charge in [0, 0.05) is 0 Å².